The van der Waals surface area contributed by atoms with Crippen LogP contribution in [-0.4, -0.2) is 26.1 Å². The number of carbonyl (C=O) groups excluding carboxylic acids is 1. The molecule has 0 radical (unpaired) electrons. The fourth-order valence-corrected chi connectivity index (χ4v) is 2.99. The molecule has 27 heavy (non-hydrogen) atoms. The summed E-state index contributed by atoms with van der Waals surface area (Å²) in [5.74, 6) is 0.276. The van der Waals surface area contributed by atoms with Gasteiger partial charge in [-0.05, 0) is 59.3 Å². The summed E-state index contributed by atoms with van der Waals surface area (Å²) < 4.78 is 0.974. The average Bonchev–Trinajstić information content (AvgIpc) is 3.18. The van der Waals surface area contributed by atoms with Crippen LogP contribution in [0.1, 0.15) is 13.0 Å². The Balaban J connectivity index is 1.50. The zero-order chi connectivity index (χ0) is 18.8. The molecule has 0 aliphatic heterocycles. The van der Waals surface area contributed by atoms with Gasteiger partial charge in [0.1, 0.15) is 6.04 Å². The third-order valence-corrected chi connectivity index (χ3v) is 4.80. The molecule has 3 aromatic carbocycles. The van der Waals surface area contributed by atoms with Crippen LogP contribution in [0.5, 0.6) is 0 Å². The van der Waals surface area contributed by atoms with E-state index in [0.717, 1.165) is 26.5 Å². The summed E-state index contributed by atoms with van der Waals surface area (Å²) in [6.07, 6.45) is 0. The lowest BCUT2D eigenvalue weighted by Crippen LogP contribution is -2.25. The molecule has 0 saturated heterocycles. The van der Waals surface area contributed by atoms with E-state index in [9.17, 15) is 4.79 Å². The number of fused-ring (bicyclic) bond motifs is 1. The van der Waals surface area contributed by atoms with E-state index < -0.39 is 6.04 Å². The van der Waals surface area contributed by atoms with Gasteiger partial charge in [0.15, 0.2) is 0 Å². The summed E-state index contributed by atoms with van der Waals surface area (Å²) in [4.78, 5) is 13.9. The minimum Gasteiger partial charge on any atom is -0.324 e. The molecule has 0 aliphatic carbocycles. The fraction of sp³-hybridized carbons (Fsp3) is 0.100. The third kappa shape index (κ3) is 3.73. The van der Waals surface area contributed by atoms with Crippen molar-refractivity contribution in [3.8, 4) is 11.4 Å². The number of amides is 1. The zero-order valence-electron chi connectivity index (χ0n) is 14.5. The van der Waals surface area contributed by atoms with Gasteiger partial charge in [0.25, 0.3) is 5.91 Å². The number of carbonyl (C=O) groups is 1. The smallest absolute Gasteiger partial charge is 0.250 e. The first-order chi connectivity index (χ1) is 13.1. The summed E-state index contributed by atoms with van der Waals surface area (Å²) in [5, 5.41) is 17.5. The Hall–Kier alpha value is -3.06. The maximum atomic E-state index is 12.6. The van der Waals surface area contributed by atoms with Crippen LogP contribution in [0.3, 0.4) is 0 Å². The molecule has 1 amide bonds. The largest absolute Gasteiger partial charge is 0.324 e. The number of benzene rings is 3. The molecule has 1 unspecified atom stereocenters. The average molecular weight is 422 g/mol. The normalized spacial score (nSPS) is 12.1. The number of tetrazole rings is 1. The van der Waals surface area contributed by atoms with Crippen molar-refractivity contribution in [3.63, 3.8) is 0 Å². The molecule has 134 valence electrons. The van der Waals surface area contributed by atoms with Crippen LogP contribution >= 0.6 is 15.9 Å². The van der Waals surface area contributed by atoms with E-state index >= 15 is 0 Å². The predicted octanol–water partition coefficient (Wildman–Crippen LogP) is 4.46. The van der Waals surface area contributed by atoms with Crippen molar-refractivity contribution in [1.29, 1.82) is 0 Å². The van der Waals surface area contributed by atoms with Gasteiger partial charge in [0, 0.05) is 15.7 Å². The molecule has 0 saturated carbocycles. The Morgan fingerprint density at radius 2 is 1.78 bits per heavy atom. The highest BCUT2D eigenvalue weighted by Crippen LogP contribution is 2.21. The monoisotopic (exact) mass is 421 g/mol. The quantitative estimate of drug-likeness (QED) is 0.527. The van der Waals surface area contributed by atoms with E-state index in [-0.39, 0.29) is 5.91 Å². The molecule has 0 spiro atoms. The lowest BCUT2D eigenvalue weighted by Gasteiger charge is -2.11. The van der Waals surface area contributed by atoms with E-state index in [1.807, 2.05) is 66.7 Å². The van der Waals surface area contributed by atoms with Crippen molar-refractivity contribution in [1.82, 2.24) is 20.2 Å². The minimum absolute atomic E-state index is 0.204. The van der Waals surface area contributed by atoms with Crippen molar-refractivity contribution < 1.29 is 4.79 Å². The number of anilines is 1. The topological polar surface area (TPSA) is 72.7 Å². The third-order valence-electron chi connectivity index (χ3n) is 4.27. The molecule has 6 nitrogen and oxygen atoms in total. The highest BCUT2D eigenvalue weighted by molar-refractivity contribution is 9.10. The molecule has 1 heterocycles. The molecule has 1 N–H and O–H groups in total. The highest BCUT2D eigenvalue weighted by Gasteiger charge is 2.19. The first-order valence-electron chi connectivity index (χ1n) is 8.45. The van der Waals surface area contributed by atoms with Gasteiger partial charge in [0.05, 0.1) is 0 Å². The Labute approximate surface area is 164 Å². The molecule has 4 aromatic rings. The van der Waals surface area contributed by atoms with Crippen molar-refractivity contribution in [3.05, 3.63) is 71.2 Å². The predicted molar refractivity (Wildman–Crippen MR) is 108 cm³/mol. The summed E-state index contributed by atoms with van der Waals surface area (Å²) >= 11 is 3.40. The molecule has 7 heteroatoms. The number of hydrogen-bond acceptors (Lipinski definition) is 4. The highest BCUT2D eigenvalue weighted by atomic mass is 79.9. The molecular weight excluding hydrogens is 406 g/mol. The van der Waals surface area contributed by atoms with Crippen molar-refractivity contribution in [2.45, 2.75) is 13.0 Å². The lowest BCUT2D eigenvalue weighted by atomic mass is 10.1. The van der Waals surface area contributed by atoms with Crippen LogP contribution in [0.4, 0.5) is 5.69 Å². The number of rotatable bonds is 4. The fourth-order valence-electron chi connectivity index (χ4n) is 2.72. The van der Waals surface area contributed by atoms with Crippen LogP contribution < -0.4 is 5.32 Å². The second-order valence-corrected chi connectivity index (χ2v) is 7.08. The summed E-state index contributed by atoms with van der Waals surface area (Å²) in [5.41, 5.74) is 1.57. The SMILES string of the molecule is CC(C(=O)Nc1ccc2ccccc2c1)n1nnc(-c2ccc(Br)cc2)n1. The Bertz CT molecular complexity index is 1110. The molecule has 4 rings (SSSR count). The van der Waals surface area contributed by atoms with E-state index in [1.165, 1.54) is 4.80 Å². The second-order valence-electron chi connectivity index (χ2n) is 6.17. The van der Waals surface area contributed by atoms with Gasteiger partial charge in [-0.2, -0.15) is 4.80 Å². The molecule has 1 atom stereocenters. The molecule has 0 aliphatic rings. The second kappa shape index (κ2) is 7.28. The van der Waals surface area contributed by atoms with Gasteiger partial charge < -0.3 is 5.32 Å². The molecule has 0 fully saturated rings. The maximum absolute atomic E-state index is 12.6. The molecule has 1 aromatic heterocycles. The van der Waals surface area contributed by atoms with Crippen LogP contribution in [-0.2, 0) is 4.79 Å². The van der Waals surface area contributed by atoms with Crippen molar-refractivity contribution in [2.24, 2.45) is 0 Å². The zero-order valence-corrected chi connectivity index (χ0v) is 16.1. The summed E-state index contributed by atoms with van der Waals surface area (Å²) in [6.45, 7) is 1.74. The number of nitrogens with zero attached hydrogens (tertiary/aromatic N) is 4. The Kier molecular flexibility index (Phi) is 4.68. The van der Waals surface area contributed by atoms with Gasteiger partial charge in [-0.25, -0.2) is 0 Å². The lowest BCUT2D eigenvalue weighted by molar-refractivity contribution is -0.119. The van der Waals surface area contributed by atoms with E-state index in [2.05, 4.69) is 36.7 Å². The summed E-state index contributed by atoms with van der Waals surface area (Å²) in [7, 11) is 0. The number of halogens is 1. The first kappa shape index (κ1) is 17.4. The molecule has 0 bridgehead atoms. The maximum Gasteiger partial charge on any atom is 0.250 e. The summed E-state index contributed by atoms with van der Waals surface area (Å²) in [6, 6.07) is 20.8. The van der Waals surface area contributed by atoms with Crippen LogP contribution in [0.15, 0.2) is 71.2 Å². The number of hydrogen-bond donors (Lipinski definition) is 1. The van der Waals surface area contributed by atoms with E-state index in [0.29, 0.717) is 5.82 Å². The van der Waals surface area contributed by atoms with Crippen LogP contribution in [0.25, 0.3) is 22.2 Å². The van der Waals surface area contributed by atoms with Gasteiger partial charge in [-0.3, -0.25) is 4.79 Å². The first-order valence-corrected chi connectivity index (χ1v) is 9.24. The van der Waals surface area contributed by atoms with Crippen molar-refractivity contribution in [2.75, 3.05) is 5.32 Å². The van der Waals surface area contributed by atoms with Gasteiger partial charge in [0.2, 0.25) is 5.82 Å². The van der Waals surface area contributed by atoms with Crippen LogP contribution in [0, 0.1) is 0 Å². The van der Waals surface area contributed by atoms with Crippen molar-refractivity contribution >= 4 is 38.3 Å². The molecular formula is C20H16BrN5O. The van der Waals surface area contributed by atoms with E-state index in [1.54, 1.807) is 6.92 Å². The Morgan fingerprint density at radius 1 is 1.04 bits per heavy atom. The standard InChI is InChI=1S/C20H16BrN5O/c1-13(26-24-19(23-25-26)15-6-9-17(21)10-7-15)20(27)22-18-11-8-14-4-2-3-5-16(14)12-18/h2-13H,1H3,(H,22,27). The van der Waals surface area contributed by atoms with Gasteiger partial charge in [-0.1, -0.05) is 46.3 Å². The Morgan fingerprint density at radius 3 is 2.56 bits per heavy atom. The van der Waals surface area contributed by atoms with Crippen LogP contribution in [0.2, 0.25) is 0 Å². The number of nitrogens with one attached hydrogen (secondary N) is 1. The van der Waals surface area contributed by atoms with Gasteiger partial charge in [-0.15, -0.1) is 10.2 Å². The number of aromatic nitrogens is 4. The van der Waals surface area contributed by atoms with Gasteiger partial charge >= 0.3 is 0 Å². The minimum atomic E-state index is -0.590. The van der Waals surface area contributed by atoms with E-state index in [4.69, 9.17) is 0 Å².